The number of imide groups is 1. The fraction of sp³-hybridized carbons (Fsp3) is 0.200. The molecular weight excluding hydrogens is 385 g/mol. The molecule has 0 aliphatic rings. The molecule has 3 N–H and O–H groups in total. The number of hydrogen-bond donors (Lipinski definition) is 3. The van der Waals surface area contributed by atoms with Crippen molar-refractivity contribution in [3.05, 3.63) is 50.9 Å². The number of carbonyl (C=O) groups excluding carboxylic acids is 2. The van der Waals surface area contributed by atoms with Gasteiger partial charge in [-0.05, 0) is 40.2 Å². The molecule has 2 aromatic rings. The summed E-state index contributed by atoms with van der Waals surface area (Å²) in [6.07, 6.45) is 0. The Kier molecular flexibility index (Phi) is 6.26. The third-order valence-corrected chi connectivity index (χ3v) is 4.57. The molecule has 3 amide bonds. The minimum absolute atomic E-state index is 0.0296. The van der Waals surface area contributed by atoms with Gasteiger partial charge in [0.15, 0.2) is 6.54 Å². The molecule has 1 unspecified atom stereocenters. The van der Waals surface area contributed by atoms with Crippen molar-refractivity contribution in [2.75, 3.05) is 18.9 Å². The van der Waals surface area contributed by atoms with Crippen LogP contribution in [0.3, 0.4) is 0 Å². The van der Waals surface area contributed by atoms with Crippen LogP contribution >= 0.6 is 27.3 Å². The summed E-state index contributed by atoms with van der Waals surface area (Å²) in [6, 6.07) is 8.96. The number of rotatable bonds is 5. The topological polar surface area (TPSA) is 62.6 Å². The van der Waals surface area contributed by atoms with E-state index in [9.17, 15) is 14.0 Å². The van der Waals surface area contributed by atoms with Crippen LogP contribution in [0.2, 0.25) is 0 Å². The lowest BCUT2D eigenvalue weighted by Gasteiger charge is -2.13. The number of anilines is 1. The molecule has 0 bridgehead atoms. The number of halogens is 2. The zero-order valence-corrected chi connectivity index (χ0v) is 14.8. The minimum Gasteiger partial charge on any atom is -0.325 e. The number of para-hydroxylation sites is 1. The Hall–Kier alpha value is -1.77. The summed E-state index contributed by atoms with van der Waals surface area (Å²) < 4.78 is 14.4. The summed E-state index contributed by atoms with van der Waals surface area (Å²) in [4.78, 5) is 25.6. The number of thiophene rings is 1. The van der Waals surface area contributed by atoms with Gasteiger partial charge in [0.1, 0.15) is 12.4 Å². The average molecular weight is 401 g/mol. The van der Waals surface area contributed by atoms with Crippen LogP contribution in [0.15, 0.2) is 40.2 Å². The summed E-state index contributed by atoms with van der Waals surface area (Å²) in [5.41, 5.74) is 0.0296. The van der Waals surface area contributed by atoms with Gasteiger partial charge >= 0.3 is 6.03 Å². The first-order valence-corrected chi connectivity index (χ1v) is 8.46. The third kappa shape index (κ3) is 5.74. The van der Waals surface area contributed by atoms with Gasteiger partial charge in [-0.25, -0.2) is 9.18 Å². The van der Waals surface area contributed by atoms with Gasteiger partial charge in [-0.1, -0.05) is 12.1 Å². The van der Waals surface area contributed by atoms with E-state index in [2.05, 4.69) is 26.6 Å². The number of amides is 3. The van der Waals surface area contributed by atoms with E-state index < -0.39 is 17.8 Å². The molecule has 1 heterocycles. The van der Waals surface area contributed by atoms with Gasteiger partial charge in [0.05, 0.1) is 21.4 Å². The van der Waals surface area contributed by atoms with Crippen LogP contribution in [0.5, 0.6) is 0 Å². The third-order valence-electron chi connectivity index (χ3n) is 2.94. The first-order chi connectivity index (χ1) is 10.9. The van der Waals surface area contributed by atoms with E-state index in [0.717, 1.165) is 13.6 Å². The normalized spacial score (nSPS) is 11.8. The molecule has 23 heavy (non-hydrogen) atoms. The van der Waals surface area contributed by atoms with Crippen LogP contribution in [-0.4, -0.2) is 25.5 Å². The summed E-state index contributed by atoms with van der Waals surface area (Å²) in [7, 11) is 1.86. The van der Waals surface area contributed by atoms with Crippen molar-refractivity contribution in [1.82, 2.24) is 5.32 Å². The smallest absolute Gasteiger partial charge is 0.325 e. The van der Waals surface area contributed by atoms with Crippen molar-refractivity contribution in [1.29, 1.82) is 0 Å². The van der Waals surface area contributed by atoms with Crippen LogP contribution in [-0.2, 0) is 11.3 Å². The molecule has 1 aromatic carbocycles. The van der Waals surface area contributed by atoms with E-state index in [1.54, 1.807) is 17.4 Å². The van der Waals surface area contributed by atoms with E-state index in [1.165, 1.54) is 18.2 Å². The Labute approximate surface area is 145 Å². The standard InChI is InChI=1S/C15H15BrFN3O2S/c1-20(8-10-6-7-13(16)23-10)9-14(21)19-15(22)18-12-5-3-2-4-11(12)17/h2-7H,8-9H2,1H3,(H2,18,19,21,22)/p+1. The highest BCUT2D eigenvalue weighted by Crippen LogP contribution is 2.21. The van der Waals surface area contributed by atoms with E-state index >= 15 is 0 Å². The summed E-state index contributed by atoms with van der Waals surface area (Å²) >= 11 is 4.99. The molecule has 0 saturated carbocycles. The van der Waals surface area contributed by atoms with E-state index in [-0.39, 0.29) is 12.2 Å². The number of benzene rings is 1. The fourth-order valence-corrected chi connectivity index (χ4v) is 3.56. The Morgan fingerprint density at radius 2 is 2.00 bits per heavy atom. The molecular formula is C15H16BrFN3O2S+. The van der Waals surface area contributed by atoms with Crippen molar-refractivity contribution >= 4 is 44.9 Å². The summed E-state index contributed by atoms with van der Waals surface area (Å²) in [6.45, 7) is 0.818. The maximum Gasteiger partial charge on any atom is 0.326 e. The van der Waals surface area contributed by atoms with Crippen molar-refractivity contribution in [2.45, 2.75) is 6.54 Å². The maximum atomic E-state index is 13.4. The van der Waals surface area contributed by atoms with Crippen LogP contribution in [0.25, 0.3) is 0 Å². The monoisotopic (exact) mass is 400 g/mol. The van der Waals surface area contributed by atoms with Crippen molar-refractivity contribution in [3.8, 4) is 0 Å². The number of carbonyl (C=O) groups is 2. The van der Waals surface area contributed by atoms with Gasteiger partial charge in [0.2, 0.25) is 0 Å². The van der Waals surface area contributed by atoms with Gasteiger partial charge in [-0.15, -0.1) is 11.3 Å². The summed E-state index contributed by atoms with van der Waals surface area (Å²) in [5, 5.41) is 4.50. The van der Waals surface area contributed by atoms with Gasteiger partial charge in [0.25, 0.3) is 5.91 Å². The lowest BCUT2D eigenvalue weighted by atomic mass is 10.3. The summed E-state index contributed by atoms with van der Waals surface area (Å²) in [5.74, 6) is -0.979. The molecule has 0 aliphatic carbocycles. The molecule has 0 radical (unpaired) electrons. The second kappa shape index (κ2) is 8.19. The Bertz CT molecular complexity index is 708. The molecule has 2 rings (SSSR count). The van der Waals surface area contributed by atoms with Crippen LogP contribution in [0.4, 0.5) is 14.9 Å². The van der Waals surface area contributed by atoms with E-state index in [4.69, 9.17) is 0 Å². The SMILES string of the molecule is C[NH+](CC(=O)NC(=O)Nc1ccccc1F)Cc1ccc(Br)s1. The zero-order valence-electron chi connectivity index (χ0n) is 12.4. The molecule has 5 nitrogen and oxygen atoms in total. The molecule has 8 heteroatoms. The van der Waals surface area contributed by atoms with Crippen molar-refractivity contribution in [2.24, 2.45) is 0 Å². The van der Waals surface area contributed by atoms with Crippen LogP contribution in [0, 0.1) is 5.82 Å². The number of quaternary nitrogens is 1. The largest absolute Gasteiger partial charge is 0.326 e. The first kappa shape index (κ1) is 17.6. The number of likely N-dealkylation sites (N-methyl/N-ethyl adjacent to an activating group) is 1. The van der Waals surface area contributed by atoms with Gasteiger partial charge in [-0.2, -0.15) is 0 Å². The molecule has 1 atom stereocenters. The highest BCUT2D eigenvalue weighted by molar-refractivity contribution is 9.11. The fourth-order valence-electron chi connectivity index (χ4n) is 1.97. The van der Waals surface area contributed by atoms with Gasteiger partial charge in [0, 0.05) is 0 Å². The second-order valence-electron chi connectivity index (χ2n) is 5.00. The lowest BCUT2D eigenvalue weighted by molar-refractivity contribution is -0.885. The molecule has 0 fully saturated rings. The van der Waals surface area contributed by atoms with E-state index in [0.29, 0.717) is 6.54 Å². The van der Waals surface area contributed by atoms with Crippen molar-refractivity contribution in [3.63, 3.8) is 0 Å². The minimum atomic E-state index is -0.744. The predicted molar refractivity (Wildman–Crippen MR) is 91.0 cm³/mol. The number of hydrogen-bond acceptors (Lipinski definition) is 3. The first-order valence-electron chi connectivity index (χ1n) is 6.85. The molecule has 1 aromatic heterocycles. The van der Waals surface area contributed by atoms with E-state index in [1.807, 2.05) is 19.2 Å². The number of urea groups is 1. The molecule has 0 saturated heterocycles. The number of nitrogens with one attached hydrogen (secondary N) is 3. The van der Waals surface area contributed by atoms with Gasteiger partial charge in [-0.3, -0.25) is 10.1 Å². The molecule has 122 valence electrons. The van der Waals surface area contributed by atoms with Crippen molar-refractivity contribution < 1.29 is 18.9 Å². The van der Waals surface area contributed by atoms with Crippen LogP contribution < -0.4 is 15.5 Å². The maximum absolute atomic E-state index is 13.4. The molecule has 0 spiro atoms. The molecule has 0 aliphatic heterocycles. The van der Waals surface area contributed by atoms with Crippen LogP contribution in [0.1, 0.15) is 4.88 Å². The Morgan fingerprint density at radius 1 is 1.26 bits per heavy atom. The Morgan fingerprint density at radius 3 is 2.65 bits per heavy atom. The second-order valence-corrected chi connectivity index (χ2v) is 7.55. The highest BCUT2D eigenvalue weighted by atomic mass is 79.9. The average Bonchev–Trinajstić information content (AvgIpc) is 2.86. The predicted octanol–water partition coefficient (Wildman–Crippen LogP) is 2.01. The zero-order chi connectivity index (χ0) is 16.8. The Balaban J connectivity index is 1.79. The lowest BCUT2D eigenvalue weighted by Crippen LogP contribution is -3.08. The van der Waals surface area contributed by atoms with Gasteiger partial charge < -0.3 is 10.2 Å². The quantitative estimate of drug-likeness (QED) is 0.718. The highest BCUT2D eigenvalue weighted by Gasteiger charge is 2.15.